The summed E-state index contributed by atoms with van der Waals surface area (Å²) >= 11 is 0. The molecule has 0 saturated heterocycles. The van der Waals surface area contributed by atoms with E-state index in [-0.39, 0.29) is 61.5 Å². The van der Waals surface area contributed by atoms with Gasteiger partial charge in [0.25, 0.3) is 5.56 Å². The van der Waals surface area contributed by atoms with Crippen molar-refractivity contribution in [2.75, 3.05) is 33.4 Å². The minimum atomic E-state index is -0.803. The van der Waals surface area contributed by atoms with Crippen molar-refractivity contribution >= 4 is 28.8 Å². The normalized spacial score (nSPS) is 16.4. The third-order valence-corrected chi connectivity index (χ3v) is 7.61. The number of aryl methyl sites for hydroxylation is 1. The second kappa shape index (κ2) is 14.1. The number of fused-ring (bicyclic) bond motifs is 5. The molecule has 45 heavy (non-hydrogen) atoms. The molecule has 5 rings (SSSR count). The zero-order valence-corrected chi connectivity index (χ0v) is 25.5. The van der Waals surface area contributed by atoms with Crippen molar-refractivity contribution < 1.29 is 23.9 Å². The van der Waals surface area contributed by atoms with Crippen LogP contribution in [-0.2, 0) is 27.3 Å². The van der Waals surface area contributed by atoms with Gasteiger partial charge in [0.1, 0.15) is 24.2 Å². The molecule has 0 unspecified atom stereocenters. The van der Waals surface area contributed by atoms with Crippen molar-refractivity contribution in [1.82, 2.24) is 35.1 Å². The first kappa shape index (κ1) is 31.2. The molecule has 236 valence electrons. The summed E-state index contributed by atoms with van der Waals surface area (Å²) in [6.45, 7) is 4.27. The third kappa shape index (κ3) is 7.48. The van der Waals surface area contributed by atoms with Gasteiger partial charge in [0, 0.05) is 43.9 Å². The number of hydrogen-bond donors (Lipinski definition) is 3. The van der Waals surface area contributed by atoms with E-state index in [1.165, 1.54) is 12.0 Å². The lowest BCUT2D eigenvalue weighted by Crippen LogP contribution is -2.53. The summed E-state index contributed by atoms with van der Waals surface area (Å²) in [5.41, 5.74) is 1.86. The number of nitrogens with one attached hydrogen (secondary N) is 3. The molecule has 0 spiro atoms. The lowest BCUT2D eigenvalue weighted by atomic mass is 10.0. The number of benzene rings is 2. The SMILES string of the molecule is COc1ccc2cc1OCCN(C(=O)CCc1nc3ccccc3[nH]c1=O)CC(=O)N[C@H](C(C)C)C(=O)NCCn1ccnc1-2. The Hall–Kier alpha value is -5.20. The summed E-state index contributed by atoms with van der Waals surface area (Å²) in [7, 11) is 1.54. The number of ether oxygens (including phenoxy) is 2. The van der Waals surface area contributed by atoms with Gasteiger partial charge in [-0.15, -0.1) is 0 Å². The number of para-hydroxylation sites is 2. The van der Waals surface area contributed by atoms with E-state index in [4.69, 9.17) is 9.47 Å². The molecule has 4 aromatic rings. The van der Waals surface area contributed by atoms with Crippen LogP contribution >= 0.6 is 0 Å². The highest BCUT2D eigenvalue weighted by Crippen LogP contribution is 2.32. The molecular weight excluding hydrogens is 578 g/mol. The molecule has 2 bridgehead atoms. The van der Waals surface area contributed by atoms with Gasteiger partial charge in [-0.05, 0) is 36.2 Å². The number of rotatable bonds is 5. The Kier molecular flexibility index (Phi) is 9.76. The fraction of sp³-hybridized carbons (Fsp3) is 0.375. The van der Waals surface area contributed by atoms with Crippen LogP contribution in [0.2, 0.25) is 0 Å². The van der Waals surface area contributed by atoms with Crippen LogP contribution in [0.1, 0.15) is 26.0 Å². The monoisotopic (exact) mass is 615 g/mol. The summed E-state index contributed by atoms with van der Waals surface area (Å²) in [5.74, 6) is 0.258. The van der Waals surface area contributed by atoms with Crippen LogP contribution in [0.15, 0.2) is 59.7 Å². The van der Waals surface area contributed by atoms with Gasteiger partial charge in [-0.3, -0.25) is 19.2 Å². The van der Waals surface area contributed by atoms with Gasteiger partial charge in [-0.25, -0.2) is 9.97 Å². The van der Waals surface area contributed by atoms with E-state index in [0.29, 0.717) is 41.4 Å². The Morgan fingerprint density at radius 1 is 1.13 bits per heavy atom. The number of carbonyl (C=O) groups is 3. The van der Waals surface area contributed by atoms with E-state index < -0.39 is 11.9 Å². The van der Waals surface area contributed by atoms with E-state index in [1.54, 1.807) is 36.5 Å². The van der Waals surface area contributed by atoms with Crippen molar-refractivity contribution in [3.63, 3.8) is 0 Å². The average molecular weight is 616 g/mol. The standard InChI is InChI=1S/C32H37N7O6/c1-20(2)29-32(43)34-13-15-38-14-12-33-30(38)21-8-10-25(44-3)26(18-21)45-17-16-39(19-27(40)37-29)28(41)11-9-24-31(42)36-23-7-5-4-6-22(23)35-24/h4-8,10,12,14,18,20,29H,9,11,13,15-17,19H2,1-3H3,(H,34,43)(H,36,42)(H,37,40)/t29-/m1/s1. The lowest BCUT2D eigenvalue weighted by Gasteiger charge is -2.26. The van der Waals surface area contributed by atoms with Crippen molar-refractivity contribution in [2.45, 2.75) is 39.3 Å². The van der Waals surface area contributed by atoms with E-state index >= 15 is 0 Å². The van der Waals surface area contributed by atoms with Crippen molar-refractivity contribution in [3.8, 4) is 22.9 Å². The van der Waals surface area contributed by atoms with E-state index in [0.717, 1.165) is 5.56 Å². The molecule has 1 aliphatic rings. The number of methoxy groups -OCH3 is 1. The summed E-state index contributed by atoms with van der Waals surface area (Å²) < 4.78 is 13.5. The fourth-order valence-corrected chi connectivity index (χ4v) is 5.19. The maximum absolute atomic E-state index is 13.5. The highest BCUT2D eigenvalue weighted by molar-refractivity contribution is 5.90. The molecule has 0 aliphatic carbocycles. The van der Waals surface area contributed by atoms with Gasteiger partial charge in [-0.1, -0.05) is 26.0 Å². The Morgan fingerprint density at radius 2 is 1.96 bits per heavy atom. The topological polar surface area (TPSA) is 161 Å². The smallest absolute Gasteiger partial charge is 0.270 e. The second-order valence-corrected chi connectivity index (χ2v) is 11.1. The third-order valence-electron chi connectivity index (χ3n) is 7.61. The largest absolute Gasteiger partial charge is 0.493 e. The van der Waals surface area contributed by atoms with Gasteiger partial charge in [0.2, 0.25) is 17.7 Å². The first-order valence-corrected chi connectivity index (χ1v) is 14.9. The van der Waals surface area contributed by atoms with Gasteiger partial charge >= 0.3 is 0 Å². The Balaban J connectivity index is 1.39. The Labute approximate surface area is 260 Å². The van der Waals surface area contributed by atoms with E-state index in [1.807, 2.05) is 36.7 Å². The Bertz CT molecular complexity index is 1750. The van der Waals surface area contributed by atoms with Crippen LogP contribution in [-0.4, -0.2) is 81.5 Å². The number of nitrogens with zero attached hydrogens (tertiary/aromatic N) is 4. The molecule has 0 fully saturated rings. The zero-order chi connectivity index (χ0) is 31.9. The molecule has 3 N–H and O–H groups in total. The van der Waals surface area contributed by atoms with Crippen molar-refractivity contribution in [3.05, 3.63) is 70.9 Å². The van der Waals surface area contributed by atoms with Crippen LogP contribution in [0.3, 0.4) is 0 Å². The number of amides is 3. The van der Waals surface area contributed by atoms with Crippen molar-refractivity contribution in [2.24, 2.45) is 5.92 Å². The first-order valence-electron chi connectivity index (χ1n) is 14.9. The molecule has 2 aromatic carbocycles. The average Bonchev–Trinajstić information content (AvgIpc) is 3.49. The molecule has 1 atom stereocenters. The van der Waals surface area contributed by atoms with E-state index in [2.05, 4.69) is 25.6 Å². The minimum absolute atomic E-state index is 0.0518. The van der Waals surface area contributed by atoms with Crippen LogP contribution in [0.5, 0.6) is 11.5 Å². The highest BCUT2D eigenvalue weighted by atomic mass is 16.5. The number of aromatic nitrogens is 4. The predicted molar refractivity (Wildman–Crippen MR) is 167 cm³/mol. The van der Waals surface area contributed by atoms with Crippen LogP contribution in [0, 0.1) is 5.92 Å². The molecule has 0 radical (unpaired) electrons. The first-order chi connectivity index (χ1) is 21.7. The molecule has 13 heteroatoms. The number of hydrogen-bond acceptors (Lipinski definition) is 8. The van der Waals surface area contributed by atoms with E-state index in [9.17, 15) is 19.2 Å². The van der Waals surface area contributed by atoms with Crippen molar-refractivity contribution in [1.29, 1.82) is 0 Å². The molecule has 0 saturated carbocycles. The van der Waals surface area contributed by atoms with Crippen LogP contribution < -0.4 is 25.7 Å². The zero-order valence-electron chi connectivity index (χ0n) is 25.5. The van der Waals surface area contributed by atoms with Gasteiger partial charge in [0.15, 0.2) is 11.5 Å². The fourth-order valence-electron chi connectivity index (χ4n) is 5.19. The maximum atomic E-state index is 13.5. The lowest BCUT2D eigenvalue weighted by molar-refractivity contribution is -0.137. The summed E-state index contributed by atoms with van der Waals surface area (Å²) in [6, 6.07) is 11.8. The number of H-pyrrole nitrogens is 1. The quantitative estimate of drug-likeness (QED) is 0.307. The summed E-state index contributed by atoms with van der Waals surface area (Å²) in [6.07, 6.45) is 3.53. The number of aromatic amines is 1. The van der Waals surface area contributed by atoms with Crippen LogP contribution in [0.25, 0.3) is 22.4 Å². The number of imidazole rings is 1. The predicted octanol–water partition coefficient (Wildman–Crippen LogP) is 1.91. The maximum Gasteiger partial charge on any atom is 0.270 e. The second-order valence-electron chi connectivity index (χ2n) is 11.1. The summed E-state index contributed by atoms with van der Waals surface area (Å²) in [4.78, 5) is 65.5. The molecular formula is C32H37N7O6. The van der Waals surface area contributed by atoms with Crippen LogP contribution in [0.4, 0.5) is 0 Å². The molecule has 3 heterocycles. The number of carbonyl (C=O) groups excluding carboxylic acids is 3. The molecule has 3 amide bonds. The highest BCUT2D eigenvalue weighted by Gasteiger charge is 2.26. The molecule has 1 aliphatic heterocycles. The van der Waals surface area contributed by atoms with Gasteiger partial charge in [0.05, 0.1) is 31.2 Å². The summed E-state index contributed by atoms with van der Waals surface area (Å²) in [5, 5.41) is 5.70. The van der Waals surface area contributed by atoms with Gasteiger partial charge < -0.3 is 34.6 Å². The minimum Gasteiger partial charge on any atom is -0.493 e. The Morgan fingerprint density at radius 3 is 2.76 bits per heavy atom. The molecule has 13 nitrogen and oxygen atoms in total. The van der Waals surface area contributed by atoms with Gasteiger partial charge in [-0.2, -0.15) is 0 Å². The molecule has 2 aromatic heterocycles.